The predicted molar refractivity (Wildman–Crippen MR) is 130 cm³/mol. The van der Waals surface area contributed by atoms with Crippen molar-refractivity contribution in [1.82, 2.24) is 16.0 Å². The maximum atomic E-state index is 13.3. The number of carboxylic acids is 1. The van der Waals surface area contributed by atoms with Gasteiger partial charge in [0.25, 0.3) is 0 Å². The van der Waals surface area contributed by atoms with Crippen LogP contribution in [0.15, 0.2) is 91.0 Å². The Morgan fingerprint density at radius 1 is 0.800 bits per heavy atom. The zero-order valence-electron chi connectivity index (χ0n) is 19.0. The molecule has 4 N–H and O–H groups in total. The van der Waals surface area contributed by atoms with Crippen molar-refractivity contribution >= 4 is 24.2 Å². The Balaban J connectivity index is 1.92. The lowest BCUT2D eigenvalue weighted by molar-refractivity contribution is -0.138. The zero-order chi connectivity index (χ0) is 25.1. The van der Waals surface area contributed by atoms with Crippen LogP contribution in [0, 0.1) is 0 Å². The molecule has 0 aliphatic rings. The van der Waals surface area contributed by atoms with Crippen LogP contribution >= 0.6 is 0 Å². The fraction of sp³-hybridized carbons (Fsp3) is 0.185. The molecule has 0 aliphatic heterocycles. The van der Waals surface area contributed by atoms with Gasteiger partial charge < -0.3 is 21.1 Å². The van der Waals surface area contributed by atoms with Gasteiger partial charge in [-0.15, -0.1) is 0 Å². The highest BCUT2D eigenvalue weighted by Gasteiger charge is 2.37. The monoisotopic (exact) mass is 473 g/mol. The molecule has 0 fully saturated rings. The lowest BCUT2D eigenvalue weighted by atomic mass is 9.77. The van der Waals surface area contributed by atoms with Gasteiger partial charge in [-0.3, -0.25) is 19.2 Å². The number of hydrogen-bond donors (Lipinski definition) is 4. The van der Waals surface area contributed by atoms with Crippen LogP contribution in [0.2, 0.25) is 0 Å². The summed E-state index contributed by atoms with van der Waals surface area (Å²) in [7, 11) is 0. The smallest absolute Gasteiger partial charge is 0.322 e. The maximum absolute atomic E-state index is 13.3. The van der Waals surface area contributed by atoms with E-state index >= 15 is 0 Å². The fourth-order valence-corrected chi connectivity index (χ4v) is 3.99. The minimum Gasteiger partial charge on any atom is -0.480 e. The third kappa shape index (κ3) is 6.32. The summed E-state index contributed by atoms with van der Waals surface area (Å²) >= 11 is 0. The number of hydrogen-bond acceptors (Lipinski definition) is 4. The lowest BCUT2D eigenvalue weighted by Gasteiger charge is -2.37. The van der Waals surface area contributed by atoms with Crippen LogP contribution in [-0.4, -0.2) is 41.9 Å². The van der Waals surface area contributed by atoms with Crippen LogP contribution in [0.25, 0.3) is 0 Å². The lowest BCUT2D eigenvalue weighted by Crippen LogP contribution is -2.49. The van der Waals surface area contributed by atoms with Gasteiger partial charge in [0.15, 0.2) is 0 Å². The van der Waals surface area contributed by atoms with Gasteiger partial charge in [0.05, 0.1) is 0 Å². The number of rotatable bonds is 12. The zero-order valence-corrected chi connectivity index (χ0v) is 19.0. The molecule has 180 valence electrons. The van der Waals surface area contributed by atoms with Gasteiger partial charge >= 0.3 is 5.97 Å². The summed E-state index contributed by atoms with van der Waals surface area (Å²) in [4.78, 5) is 47.3. The molecule has 0 aromatic heterocycles. The van der Waals surface area contributed by atoms with E-state index in [2.05, 4.69) is 16.0 Å². The molecule has 8 heteroatoms. The van der Waals surface area contributed by atoms with Gasteiger partial charge in [-0.1, -0.05) is 91.0 Å². The Morgan fingerprint density at radius 2 is 1.26 bits per heavy atom. The van der Waals surface area contributed by atoms with E-state index in [0.717, 1.165) is 16.7 Å². The first-order valence-corrected chi connectivity index (χ1v) is 11.1. The van der Waals surface area contributed by atoms with Gasteiger partial charge in [0.2, 0.25) is 18.2 Å². The summed E-state index contributed by atoms with van der Waals surface area (Å²) in [6.07, 6.45) is 0.260. The second kappa shape index (κ2) is 12.1. The van der Waals surface area contributed by atoms with E-state index in [1.54, 1.807) is 0 Å². The standard InChI is InChI=1S/C27H27N3O5/c31-19-29-23(26(35)28-18-25(33)34)16-17-24(32)30-27(20-10-4-1-5-11-20,21-12-6-2-7-13-21)22-14-8-3-9-15-22/h1-15,19,23H,16-18H2,(H,28,35)(H,29,31)(H,30,32)(H,33,34). The molecule has 0 aliphatic carbocycles. The topological polar surface area (TPSA) is 125 Å². The van der Waals surface area contributed by atoms with Crippen LogP contribution in [0.4, 0.5) is 0 Å². The summed E-state index contributed by atoms with van der Waals surface area (Å²) in [5.41, 5.74) is 1.56. The second-order valence-electron chi connectivity index (χ2n) is 7.88. The molecule has 0 saturated heterocycles. The summed E-state index contributed by atoms with van der Waals surface area (Å²) in [5, 5.41) is 16.5. The molecule has 3 amide bonds. The number of nitrogens with one attached hydrogen (secondary N) is 3. The Hall–Kier alpha value is -4.46. The number of carboxylic acid groups (broad SMARTS) is 1. The molecular formula is C27H27N3O5. The molecule has 3 rings (SSSR count). The van der Waals surface area contributed by atoms with E-state index in [1.165, 1.54) is 0 Å². The number of benzene rings is 3. The molecule has 3 aromatic carbocycles. The summed E-state index contributed by atoms with van der Waals surface area (Å²) < 4.78 is 0. The maximum Gasteiger partial charge on any atom is 0.322 e. The number of carbonyl (C=O) groups is 4. The van der Waals surface area contributed by atoms with Crippen LogP contribution < -0.4 is 16.0 Å². The van der Waals surface area contributed by atoms with Gasteiger partial charge in [0.1, 0.15) is 18.1 Å². The minimum absolute atomic E-state index is 0.00945. The first-order valence-electron chi connectivity index (χ1n) is 11.1. The van der Waals surface area contributed by atoms with E-state index in [0.29, 0.717) is 6.41 Å². The molecule has 0 radical (unpaired) electrons. The van der Waals surface area contributed by atoms with Gasteiger partial charge in [-0.2, -0.15) is 0 Å². The van der Waals surface area contributed by atoms with E-state index in [4.69, 9.17) is 5.11 Å². The van der Waals surface area contributed by atoms with E-state index in [-0.39, 0.29) is 18.7 Å². The summed E-state index contributed by atoms with van der Waals surface area (Å²) in [6.45, 7) is -0.582. The van der Waals surface area contributed by atoms with Gasteiger partial charge in [-0.25, -0.2) is 0 Å². The Morgan fingerprint density at radius 3 is 1.66 bits per heavy atom. The van der Waals surface area contributed by atoms with Crippen LogP contribution in [-0.2, 0) is 24.7 Å². The number of aliphatic carboxylic acids is 1. The Labute approximate surface area is 203 Å². The first-order chi connectivity index (χ1) is 17.0. The van der Waals surface area contributed by atoms with E-state index in [1.807, 2.05) is 91.0 Å². The Bertz CT molecular complexity index is 1040. The van der Waals surface area contributed by atoms with Gasteiger partial charge in [0, 0.05) is 6.42 Å². The molecule has 8 nitrogen and oxygen atoms in total. The summed E-state index contributed by atoms with van der Waals surface area (Å²) in [6, 6.07) is 27.7. The molecule has 0 saturated carbocycles. The van der Waals surface area contributed by atoms with Crippen molar-refractivity contribution in [2.75, 3.05) is 6.54 Å². The SMILES string of the molecule is O=CNC(CCC(=O)NC(c1ccccc1)(c1ccccc1)c1ccccc1)C(=O)NCC(=O)O. The summed E-state index contributed by atoms with van der Waals surface area (Å²) in [5.74, 6) is -2.22. The van der Waals surface area contributed by atoms with Crippen molar-refractivity contribution in [3.05, 3.63) is 108 Å². The highest BCUT2D eigenvalue weighted by atomic mass is 16.4. The highest BCUT2D eigenvalue weighted by molar-refractivity contribution is 5.87. The van der Waals surface area contributed by atoms with Crippen LogP contribution in [0.3, 0.4) is 0 Å². The van der Waals surface area contributed by atoms with Crippen molar-refractivity contribution in [1.29, 1.82) is 0 Å². The number of amides is 3. The van der Waals surface area contributed by atoms with E-state index in [9.17, 15) is 19.2 Å². The van der Waals surface area contributed by atoms with Crippen molar-refractivity contribution < 1.29 is 24.3 Å². The van der Waals surface area contributed by atoms with Crippen LogP contribution in [0.1, 0.15) is 29.5 Å². The molecule has 35 heavy (non-hydrogen) atoms. The average molecular weight is 474 g/mol. The highest BCUT2D eigenvalue weighted by Crippen LogP contribution is 2.36. The first kappa shape index (κ1) is 25.2. The molecule has 0 bridgehead atoms. The molecule has 1 atom stereocenters. The second-order valence-corrected chi connectivity index (χ2v) is 7.88. The minimum atomic E-state index is -1.21. The molecule has 0 heterocycles. The predicted octanol–water partition coefficient (Wildman–Crippen LogP) is 2.19. The van der Waals surface area contributed by atoms with Crippen molar-refractivity contribution in [3.8, 4) is 0 Å². The number of carbonyl (C=O) groups excluding carboxylic acids is 3. The molecule has 1 unspecified atom stereocenters. The molecular weight excluding hydrogens is 446 g/mol. The third-order valence-electron chi connectivity index (χ3n) is 5.61. The molecule has 0 spiro atoms. The van der Waals surface area contributed by atoms with Gasteiger partial charge in [-0.05, 0) is 23.1 Å². The van der Waals surface area contributed by atoms with Crippen molar-refractivity contribution in [2.24, 2.45) is 0 Å². The third-order valence-corrected chi connectivity index (χ3v) is 5.61. The van der Waals surface area contributed by atoms with E-state index < -0.39 is 30.0 Å². The van der Waals surface area contributed by atoms with Crippen molar-refractivity contribution in [2.45, 2.75) is 24.4 Å². The fourth-order valence-electron chi connectivity index (χ4n) is 3.99. The van der Waals surface area contributed by atoms with Crippen LogP contribution in [0.5, 0.6) is 0 Å². The normalized spacial score (nSPS) is 11.7. The Kier molecular flexibility index (Phi) is 8.72. The quantitative estimate of drug-likeness (QED) is 0.237. The molecule has 3 aromatic rings. The average Bonchev–Trinajstić information content (AvgIpc) is 2.89. The van der Waals surface area contributed by atoms with Crippen molar-refractivity contribution in [3.63, 3.8) is 0 Å². The largest absolute Gasteiger partial charge is 0.480 e.